The molecule has 2 nitrogen and oxygen atoms in total. The molecule has 0 aromatic heterocycles. The molecular formula is C5H6Cl2N2. The van der Waals surface area contributed by atoms with Crippen LogP contribution in [0.1, 0.15) is 6.92 Å². The third-order valence-corrected chi connectivity index (χ3v) is 1.33. The van der Waals surface area contributed by atoms with Crippen molar-refractivity contribution in [3.05, 3.63) is 11.2 Å². The van der Waals surface area contributed by atoms with Crippen molar-refractivity contribution in [2.45, 2.75) is 12.5 Å². The molecule has 4 heteroatoms. The van der Waals surface area contributed by atoms with Gasteiger partial charge in [0.1, 0.15) is 5.16 Å². The predicted octanol–water partition coefficient (Wildman–Crippen LogP) is 1.65. The maximum Gasteiger partial charge on any atom is 0.196 e. The molecule has 1 atom stereocenters. The van der Waals surface area contributed by atoms with Crippen LogP contribution in [0.15, 0.2) is 16.2 Å². The van der Waals surface area contributed by atoms with Crippen LogP contribution in [-0.2, 0) is 0 Å². The number of aliphatic imine (C=N–C) groups is 1. The predicted molar refractivity (Wildman–Crippen MR) is 39.8 cm³/mol. The summed E-state index contributed by atoms with van der Waals surface area (Å²) in [7, 11) is 0. The Bertz CT molecular complexity index is 174. The van der Waals surface area contributed by atoms with Crippen molar-refractivity contribution in [2.75, 3.05) is 0 Å². The van der Waals surface area contributed by atoms with E-state index in [0.29, 0.717) is 5.16 Å². The molecule has 0 aromatic rings. The first-order chi connectivity index (χ1) is 4.18. The lowest BCUT2D eigenvalue weighted by Crippen LogP contribution is -2.23. The average Bonchev–Trinajstić information content (AvgIpc) is 1.59. The van der Waals surface area contributed by atoms with Crippen LogP contribution in [0.2, 0.25) is 0 Å². The van der Waals surface area contributed by atoms with Gasteiger partial charge in [0.15, 0.2) is 5.62 Å². The lowest BCUT2D eigenvalue weighted by Gasteiger charge is -2.12. The van der Waals surface area contributed by atoms with E-state index in [9.17, 15) is 0 Å². The fourth-order valence-corrected chi connectivity index (χ4v) is 1.18. The van der Waals surface area contributed by atoms with Crippen LogP contribution >= 0.6 is 23.2 Å². The second kappa shape index (κ2) is 2.58. The summed E-state index contributed by atoms with van der Waals surface area (Å²) in [5.41, 5.74) is 0.446. The number of nitrogens with one attached hydrogen (secondary N) is 1. The lowest BCUT2D eigenvalue weighted by atomic mass is 10.4. The Labute approximate surface area is 63.6 Å². The van der Waals surface area contributed by atoms with Crippen molar-refractivity contribution in [2.24, 2.45) is 4.99 Å². The van der Waals surface area contributed by atoms with Gasteiger partial charge in [0.25, 0.3) is 0 Å². The fourth-order valence-electron chi connectivity index (χ4n) is 0.587. The van der Waals surface area contributed by atoms with Crippen LogP contribution in [0.5, 0.6) is 0 Å². The first kappa shape index (κ1) is 6.90. The highest BCUT2D eigenvalue weighted by molar-refractivity contribution is 6.32. The molecule has 0 aliphatic carbocycles. The van der Waals surface area contributed by atoms with Crippen LogP contribution in [-0.4, -0.2) is 11.3 Å². The number of halogens is 2. The van der Waals surface area contributed by atoms with Gasteiger partial charge in [-0.05, 0) is 13.0 Å². The lowest BCUT2D eigenvalue weighted by molar-refractivity contribution is 0.786. The Morgan fingerprint density at radius 1 is 1.78 bits per heavy atom. The van der Waals surface area contributed by atoms with E-state index in [2.05, 4.69) is 10.3 Å². The van der Waals surface area contributed by atoms with Gasteiger partial charge in [-0.1, -0.05) is 23.2 Å². The van der Waals surface area contributed by atoms with Crippen molar-refractivity contribution < 1.29 is 0 Å². The molecule has 1 rings (SSSR count). The Kier molecular flexibility index (Phi) is 1.98. The van der Waals surface area contributed by atoms with Gasteiger partial charge in [0.2, 0.25) is 0 Å². The topological polar surface area (TPSA) is 24.4 Å². The molecule has 0 spiro atoms. The Hall–Kier alpha value is -0.210. The third kappa shape index (κ3) is 1.88. The highest BCUT2D eigenvalue weighted by Gasteiger charge is 2.06. The molecule has 0 radical (unpaired) electrons. The molecule has 1 unspecified atom stereocenters. The van der Waals surface area contributed by atoms with Gasteiger partial charge in [0.05, 0.1) is 0 Å². The summed E-state index contributed by atoms with van der Waals surface area (Å²) in [4.78, 5) is 3.94. The Balaban J connectivity index is 2.74. The highest BCUT2D eigenvalue weighted by atomic mass is 35.5. The van der Waals surface area contributed by atoms with E-state index in [1.165, 1.54) is 0 Å². The normalized spacial score (nSPS) is 26.3. The Morgan fingerprint density at radius 3 is 2.89 bits per heavy atom. The standard InChI is InChI=1S/C5H6Cl2N2/c1-3-2-4(6)9-5(7)8-3/h2,5,9H,1H3. The van der Waals surface area contributed by atoms with Crippen LogP contribution < -0.4 is 5.32 Å². The van der Waals surface area contributed by atoms with Crippen LogP contribution in [0.3, 0.4) is 0 Å². The number of rotatable bonds is 0. The maximum atomic E-state index is 5.59. The van der Waals surface area contributed by atoms with Crippen LogP contribution in [0.4, 0.5) is 0 Å². The number of nitrogens with zero attached hydrogens (tertiary/aromatic N) is 1. The molecular weight excluding hydrogens is 159 g/mol. The summed E-state index contributed by atoms with van der Waals surface area (Å²) in [6.07, 6.45) is 1.72. The Morgan fingerprint density at radius 2 is 2.44 bits per heavy atom. The molecule has 0 bridgehead atoms. The summed E-state index contributed by atoms with van der Waals surface area (Å²) in [5.74, 6) is 0. The molecule has 0 amide bonds. The highest BCUT2D eigenvalue weighted by Crippen LogP contribution is 2.08. The molecule has 0 aromatic carbocycles. The summed E-state index contributed by atoms with van der Waals surface area (Å²) >= 11 is 11.2. The molecule has 0 saturated carbocycles. The minimum absolute atomic E-state index is 0.400. The van der Waals surface area contributed by atoms with Gasteiger partial charge in [-0.3, -0.25) is 0 Å². The van der Waals surface area contributed by atoms with Crippen molar-refractivity contribution in [1.29, 1.82) is 0 Å². The van der Waals surface area contributed by atoms with E-state index in [0.717, 1.165) is 5.71 Å². The molecule has 50 valence electrons. The monoisotopic (exact) mass is 164 g/mol. The van der Waals surface area contributed by atoms with Gasteiger partial charge in [0, 0.05) is 5.71 Å². The first-order valence-electron chi connectivity index (χ1n) is 2.51. The molecule has 9 heavy (non-hydrogen) atoms. The van der Waals surface area contributed by atoms with E-state index in [1.54, 1.807) is 6.08 Å². The van der Waals surface area contributed by atoms with E-state index in [-0.39, 0.29) is 0 Å². The zero-order chi connectivity index (χ0) is 6.85. The first-order valence-corrected chi connectivity index (χ1v) is 3.32. The molecule has 1 aliphatic heterocycles. The average molecular weight is 165 g/mol. The van der Waals surface area contributed by atoms with Gasteiger partial charge in [-0.25, -0.2) is 4.99 Å². The maximum absolute atomic E-state index is 5.59. The fraction of sp³-hybridized carbons (Fsp3) is 0.400. The van der Waals surface area contributed by atoms with Gasteiger partial charge >= 0.3 is 0 Å². The van der Waals surface area contributed by atoms with Crippen LogP contribution in [0.25, 0.3) is 0 Å². The van der Waals surface area contributed by atoms with E-state index >= 15 is 0 Å². The molecule has 1 aliphatic rings. The number of hydrogen-bond acceptors (Lipinski definition) is 2. The van der Waals surface area contributed by atoms with E-state index < -0.39 is 5.62 Å². The van der Waals surface area contributed by atoms with Gasteiger partial charge in [-0.2, -0.15) is 0 Å². The van der Waals surface area contributed by atoms with Crippen molar-refractivity contribution in [1.82, 2.24) is 5.32 Å². The van der Waals surface area contributed by atoms with Gasteiger partial charge < -0.3 is 5.32 Å². The van der Waals surface area contributed by atoms with E-state index in [1.807, 2.05) is 6.92 Å². The minimum Gasteiger partial charge on any atom is -0.342 e. The third-order valence-electron chi connectivity index (χ3n) is 0.910. The summed E-state index contributed by atoms with van der Waals surface area (Å²) in [6, 6.07) is 0. The molecule has 1 N–H and O–H groups in total. The van der Waals surface area contributed by atoms with Crippen LogP contribution in [0, 0.1) is 0 Å². The number of hydrogen-bond donors (Lipinski definition) is 1. The second-order valence-corrected chi connectivity index (χ2v) is 2.56. The van der Waals surface area contributed by atoms with Crippen molar-refractivity contribution in [3.63, 3.8) is 0 Å². The molecule has 1 heterocycles. The minimum atomic E-state index is -0.400. The summed E-state index contributed by atoms with van der Waals surface area (Å²) < 4.78 is 0. The number of alkyl halides is 1. The van der Waals surface area contributed by atoms with Gasteiger partial charge in [-0.15, -0.1) is 0 Å². The van der Waals surface area contributed by atoms with Crippen molar-refractivity contribution in [3.8, 4) is 0 Å². The largest absolute Gasteiger partial charge is 0.342 e. The molecule has 0 fully saturated rings. The summed E-state index contributed by atoms with van der Waals surface area (Å²) in [5, 5.41) is 3.26. The zero-order valence-corrected chi connectivity index (χ0v) is 6.37. The summed E-state index contributed by atoms with van der Waals surface area (Å²) in [6.45, 7) is 1.85. The second-order valence-electron chi connectivity index (χ2n) is 1.74. The molecule has 0 saturated heterocycles. The zero-order valence-electron chi connectivity index (χ0n) is 4.86. The van der Waals surface area contributed by atoms with E-state index in [4.69, 9.17) is 23.2 Å². The number of allylic oxidation sites excluding steroid dienone is 1. The SMILES string of the molecule is CC1=NC(Cl)NC(Cl)=C1. The smallest absolute Gasteiger partial charge is 0.196 e. The quantitative estimate of drug-likeness (QED) is 0.428. The van der Waals surface area contributed by atoms with Crippen molar-refractivity contribution >= 4 is 28.9 Å².